The molecule has 0 saturated carbocycles. The van der Waals surface area contributed by atoms with Gasteiger partial charge in [0.25, 0.3) is 0 Å². The first-order valence-corrected chi connectivity index (χ1v) is 6.23. The van der Waals surface area contributed by atoms with Crippen LogP contribution in [0.4, 0.5) is 0 Å². The summed E-state index contributed by atoms with van der Waals surface area (Å²) < 4.78 is 5.15. The molecule has 0 unspecified atom stereocenters. The van der Waals surface area contributed by atoms with Crippen LogP contribution in [-0.2, 0) is 6.42 Å². The minimum Gasteiger partial charge on any atom is -0.497 e. The van der Waals surface area contributed by atoms with Crippen LogP contribution in [0.15, 0.2) is 66.7 Å². The number of ether oxygens (including phenoxy) is 1. The van der Waals surface area contributed by atoms with Crippen molar-refractivity contribution in [2.45, 2.75) is 6.42 Å². The van der Waals surface area contributed by atoms with E-state index in [2.05, 4.69) is 30.0 Å². The van der Waals surface area contributed by atoms with Crippen LogP contribution < -0.4 is 4.74 Å². The summed E-state index contributed by atoms with van der Waals surface area (Å²) in [7, 11) is 1.66. The normalized spacial score (nSPS) is 9.95. The standard InChI is InChI=1S/C18H16O/c1-19-18-14-8-13-17(15-18)12-7-3-6-11-16-9-4-2-5-10-16/h2-6,8-10,13-15H,11H2,1H3/b6-3+. The Hall–Kier alpha value is -2.46. The summed E-state index contributed by atoms with van der Waals surface area (Å²) in [5.41, 5.74) is 2.26. The lowest BCUT2D eigenvalue weighted by atomic mass is 10.1. The van der Waals surface area contributed by atoms with Gasteiger partial charge >= 0.3 is 0 Å². The highest BCUT2D eigenvalue weighted by atomic mass is 16.5. The lowest BCUT2D eigenvalue weighted by Gasteiger charge is -1.97. The maximum absolute atomic E-state index is 5.15. The lowest BCUT2D eigenvalue weighted by Crippen LogP contribution is -1.82. The van der Waals surface area contributed by atoms with Gasteiger partial charge in [-0.1, -0.05) is 54.3 Å². The van der Waals surface area contributed by atoms with Gasteiger partial charge in [-0.2, -0.15) is 0 Å². The van der Waals surface area contributed by atoms with E-state index in [0.29, 0.717) is 0 Å². The maximum Gasteiger partial charge on any atom is 0.120 e. The Morgan fingerprint density at radius 1 is 1.05 bits per heavy atom. The van der Waals surface area contributed by atoms with Gasteiger partial charge in [0.1, 0.15) is 5.75 Å². The Balaban J connectivity index is 1.93. The topological polar surface area (TPSA) is 9.23 Å². The largest absolute Gasteiger partial charge is 0.497 e. The SMILES string of the molecule is COc1cccc(C#C/C=C/Cc2ccccc2)c1. The van der Waals surface area contributed by atoms with E-state index >= 15 is 0 Å². The third-order valence-electron chi connectivity index (χ3n) is 2.68. The third kappa shape index (κ3) is 4.37. The van der Waals surface area contributed by atoms with Gasteiger partial charge < -0.3 is 4.74 Å². The molecule has 2 aromatic carbocycles. The number of methoxy groups -OCH3 is 1. The number of rotatable bonds is 3. The molecule has 0 aliphatic carbocycles. The Morgan fingerprint density at radius 2 is 1.89 bits per heavy atom. The van der Waals surface area contributed by atoms with Crippen LogP contribution in [0.5, 0.6) is 5.75 Å². The van der Waals surface area contributed by atoms with Crippen LogP contribution in [0.3, 0.4) is 0 Å². The molecule has 0 atom stereocenters. The second kappa shape index (κ2) is 7.08. The molecule has 0 aliphatic heterocycles. The van der Waals surface area contributed by atoms with E-state index in [1.165, 1.54) is 5.56 Å². The fraction of sp³-hybridized carbons (Fsp3) is 0.111. The summed E-state index contributed by atoms with van der Waals surface area (Å²) in [5.74, 6) is 6.96. The molecule has 0 spiro atoms. The first-order valence-electron chi connectivity index (χ1n) is 6.23. The van der Waals surface area contributed by atoms with Crippen molar-refractivity contribution < 1.29 is 4.74 Å². The van der Waals surface area contributed by atoms with E-state index in [1.54, 1.807) is 7.11 Å². The fourth-order valence-corrected chi connectivity index (χ4v) is 1.69. The van der Waals surface area contributed by atoms with Crippen LogP contribution in [-0.4, -0.2) is 7.11 Å². The number of benzene rings is 2. The van der Waals surface area contributed by atoms with Gasteiger partial charge in [-0.25, -0.2) is 0 Å². The van der Waals surface area contributed by atoms with Gasteiger partial charge in [-0.3, -0.25) is 0 Å². The molecule has 0 aliphatic rings. The predicted molar refractivity (Wildman–Crippen MR) is 79.2 cm³/mol. The number of allylic oxidation sites excluding steroid dienone is 2. The van der Waals surface area contributed by atoms with Crippen molar-refractivity contribution in [3.63, 3.8) is 0 Å². The van der Waals surface area contributed by atoms with Gasteiger partial charge in [-0.05, 0) is 36.3 Å². The Morgan fingerprint density at radius 3 is 2.68 bits per heavy atom. The molecule has 0 saturated heterocycles. The van der Waals surface area contributed by atoms with E-state index in [9.17, 15) is 0 Å². The molecule has 94 valence electrons. The molecule has 1 nitrogen and oxygen atoms in total. The van der Waals surface area contributed by atoms with Crippen molar-refractivity contribution in [2.24, 2.45) is 0 Å². The van der Waals surface area contributed by atoms with Gasteiger partial charge in [0, 0.05) is 5.56 Å². The molecule has 0 aromatic heterocycles. The molecular formula is C18H16O. The summed E-state index contributed by atoms with van der Waals surface area (Å²) in [4.78, 5) is 0. The van der Waals surface area contributed by atoms with E-state index in [-0.39, 0.29) is 0 Å². The zero-order valence-electron chi connectivity index (χ0n) is 11.0. The van der Waals surface area contributed by atoms with Crippen molar-refractivity contribution >= 4 is 0 Å². The van der Waals surface area contributed by atoms with Crippen molar-refractivity contribution in [1.82, 2.24) is 0 Å². The van der Waals surface area contributed by atoms with Gasteiger partial charge in [0.15, 0.2) is 0 Å². The third-order valence-corrected chi connectivity index (χ3v) is 2.68. The van der Waals surface area contributed by atoms with Gasteiger partial charge in [0.05, 0.1) is 7.11 Å². The molecule has 19 heavy (non-hydrogen) atoms. The zero-order chi connectivity index (χ0) is 13.3. The molecule has 2 aromatic rings. The summed E-state index contributed by atoms with van der Waals surface area (Å²) in [6.45, 7) is 0. The smallest absolute Gasteiger partial charge is 0.120 e. The fourth-order valence-electron chi connectivity index (χ4n) is 1.69. The second-order valence-corrected chi connectivity index (χ2v) is 4.09. The minimum absolute atomic E-state index is 0.833. The monoisotopic (exact) mass is 248 g/mol. The Labute approximate surface area is 114 Å². The highest BCUT2D eigenvalue weighted by Crippen LogP contribution is 2.11. The van der Waals surface area contributed by atoms with Crippen LogP contribution >= 0.6 is 0 Å². The van der Waals surface area contributed by atoms with Crippen LogP contribution in [0, 0.1) is 11.8 Å². The highest BCUT2D eigenvalue weighted by molar-refractivity contribution is 5.41. The van der Waals surface area contributed by atoms with Crippen molar-refractivity contribution in [3.8, 4) is 17.6 Å². The first-order chi connectivity index (χ1) is 9.38. The van der Waals surface area contributed by atoms with Crippen LogP contribution in [0.1, 0.15) is 11.1 Å². The van der Waals surface area contributed by atoms with E-state index in [4.69, 9.17) is 4.74 Å². The Kier molecular flexibility index (Phi) is 4.84. The van der Waals surface area contributed by atoms with Gasteiger partial charge in [-0.15, -0.1) is 0 Å². The maximum atomic E-state index is 5.15. The summed E-state index contributed by atoms with van der Waals surface area (Å²) in [6, 6.07) is 18.1. The van der Waals surface area contributed by atoms with E-state index in [0.717, 1.165) is 17.7 Å². The first kappa shape index (κ1) is 13.0. The van der Waals surface area contributed by atoms with Crippen molar-refractivity contribution in [3.05, 3.63) is 77.9 Å². The molecule has 1 heteroatoms. The molecule has 0 fully saturated rings. The molecule has 0 amide bonds. The average Bonchev–Trinajstić information content (AvgIpc) is 2.48. The van der Waals surface area contributed by atoms with Crippen molar-refractivity contribution in [2.75, 3.05) is 7.11 Å². The van der Waals surface area contributed by atoms with Crippen molar-refractivity contribution in [1.29, 1.82) is 0 Å². The highest BCUT2D eigenvalue weighted by Gasteiger charge is 1.90. The van der Waals surface area contributed by atoms with Crippen LogP contribution in [0.2, 0.25) is 0 Å². The Bertz CT molecular complexity index is 600. The molecule has 0 radical (unpaired) electrons. The summed E-state index contributed by atoms with van der Waals surface area (Å²) in [6.07, 6.45) is 4.88. The lowest BCUT2D eigenvalue weighted by molar-refractivity contribution is 0.414. The average molecular weight is 248 g/mol. The summed E-state index contributed by atoms with van der Waals surface area (Å²) in [5, 5.41) is 0. The van der Waals surface area contributed by atoms with Gasteiger partial charge in [0.2, 0.25) is 0 Å². The number of hydrogen-bond acceptors (Lipinski definition) is 1. The summed E-state index contributed by atoms with van der Waals surface area (Å²) >= 11 is 0. The molecule has 0 heterocycles. The van der Waals surface area contributed by atoms with E-state index in [1.807, 2.05) is 48.5 Å². The number of hydrogen-bond donors (Lipinski definition) is 0. The van der Waals surface area contributed by atoms with E-state index < -0.39 is 0 Å². The molecule has 0 N–H and O–H groups in total. The second-order valence-electron chi connectivity index (χ2n) is 4.09. The zero-order valence-corrected chi connectivity index (χ0v) is 11.0. The molecule has 0 bridgehead atoms. The molecular weight excluding hydrogens is 232 g/mol. The minimum atomic E-state index is 0.833. The quantitative estimate of drug-likeness (QED) is 0.750. The van der Waals surface area contributed by atoms with Crippen LogP contribution in [0.25, 0.3) is 0 Å². The molecule has 2 rings (SSSR count). The predicted octanol–water partition coefficient (Wildman–Crippen LogP) is 3.85.